The molecule has 142 valence electrons. The van der Waals surface area contributed by atoms with E-state index in [0.29, 0.717) is 6.54 Å². The van der Waals surface area contributed by atoms with Crippen LogP contribution in [0.2, 0.25) is 0 Å². The molecule has 0 aliphatic carbocycles. The molecule has 2 heterocycles. The van der Waals surface area contributed by atoms with E-state index in [1.54, 1.807) is 4.90 Å². The fourth-order valence-electron chi connectivity index (χ4n) is 3.84. The van der Waals surface area contributed by atoms with Crippen LogP contribution >= 0.6 is 0 Å². The molecule has 5 nitrogen and oxygen atoms in total. The van der Waals surface area contributed by atoms with Crippen LogP contribution in [0.15, 0.2) is 48.5 Å². The van der Waals surface area contributed by atoms with Gasteiger partial charge in [0.05, 0.1) is 6.54 Å². The number of nitrogens with zero attached hydrogens (tertiary/aromatic N) is 3. The fourth-order valence-corrected chi connectivity index (χ4v) is 3.84. The van der Waals surface area contributed by atoms with E-state index in [4.69, 9.17) is 4.74 Å². The molecule has 0 unspecified atom stereocenters. The minimum absolute atomic E-state index is 0.0287. The standard InChI is InChI=1S/C22H27N3O2/c1-23-11-13-25(14-12-23)19-9-7-17(8-10-19)22(26)24(2)16-20-15-18-5-3-4-6-21(18)27-20/h3-10,20H,11-16H2,1-2H3/t20-/m0/s1. The normalized spacial score (nSPS) is 19.5. The average Bonchev–Trinajstić information content (AvgIpc) is 3.10. The first-order valence-corrected chi connectivity index (χ1v) is 9.64. The Bertz CT molecular complexity index is 772. The molecule has 0 spiro atoms. The number of ether oxygens (including phenoxy) is 1. The predicted molar refractivity (Wildman–Crippen MR) is 108 cm³/mol. The van der Waals surface area contributed by atoms with Crippen LogP contribution < -0.4 is 9.64 Å². The Morgan fingerprint density at radius 1 is 1.07 bits per heavy atom. The lowest BCUT2D eigenvalue weighted by molar-refractivity contribution is 0.0730. The van der Waals surface area contributed by atoms with Crippen LogP contribution in [0, 0.1) is 0 Å². The number of piperazine rings is 1. The van der Waals surface area contributed by atoms with E-state index >= 15 is 0 Å². The van der Waals surface area contributed by atoms with Crippen LogP contribution in [0.3, 0.4) is 0 Å². The summed E-state index contributed by atoms with van der Waals surface area (Å²) < 4.78 is 5.97. The highest BCUT2D eigenvalue weighted by molar-refractivity contribution is 5.94. The van der Waals surface area contributed by atoms with Crippen molar-refractivity contribution < 1.29 is 9.53 Å². The van der Waals surface area contributed by atoms with Gasteiger partial charge >= 0.3 is 0 Å². The van der Waals surface area contributed by atoms with E-state index in [-0.39, 0.29) is 12.0 Å². The summed E-state index contributed by atoms with van der Waals surface area (Å²) in [5.74, 6) is 0.986. The topological polar surface area (TPSA) is 36.0 Å². The Morgan fingerprint density at radius 2 is 1.78 bits per heavy atom. The SMILES string of the molecule is CN1CCN(c2ccc(C(=O)N(C)C[C@@H]3Cc4ccccc4O3)cc2)CC1. The van der Waals surface area contributed by atoms with Crippen LogP contribution in [0.1, 0.15) is 15.9 Å². The smallest absolute Gasteiger partial charge is 0.253 e. The van der Waals surface area contributed by atoms with Crippen molar-refractivity contribution in [3.63, 3.8) is 0 Å². The Balaban J connectivity index is 1.35. The van der Waals surface area contributed by atoms with Crippen LogP contribution in [0.4, 0.5) is 5.69 Å². The molecule has 0 radical (unpaired) electrons. The van der Waals surface area contributed by atoms with Gasteiger partial charge in [-0.1, -0.05) is 18.2 Å². The van der Waals surface area contributed by atoms with Gasteiger partial charge in [-0.05, 0) is 42.9 Å². The van der Waals surface area contributed by atoms with Crippen molar-refractivity contribution >= 4 is 11.6 Å². The molecule has 0 bridgehead atoms. The third kappa shape index (κ3) is 3.93. The van der Waals surface area contributed by atoms with Gasteiger partial charge in [-0.2, -0.15) is 0 Å². The molecular formula is C22H27N3O2. The number of benzene rings is 2. The van der Waals surface area contributed by atoms with Gasteiger partial charge in [-0.25, -0.2) is 0 Å². The zero-order chi connectivity index (χ0) is 18.8. The van der Waals surface area contributed by atoms with Gasteiger partial charge in [-0.15, -0.1) is 0 Å². The summed E-state index contributed by atoms with van der Waals surface area (Å²) in [4.78, 5) is 19.3. The first kappa shape index (κ1) is 17.9. The number of amides is 1. The Kier molecular flexibility index (Phi) is 5.03. The van der Waals surface area contributed by atoms with Crippen molar-refractivity contribution in [1.82, 2.24) is 9.80 Å². The number of likely N-dealkylation sites (N-methyl/N-ethyl adjacent to an activating group) is 2. The highest BCUT2D eigenvalue weighted by Gasteiger charge is 2.25. The maximum atomic E-state index is 12.8. The molecule has 2 aliphatic heterocycles. The third-order valence-corrected chi connectivity index (χ3v) is 5.52. The maximum Gasteiger partial charge on any atom is 0.253 e. The molecule has 27 heavy (non-hydrogen) atoms. The Morgan fingerprint density at radius 3 is 2.48 bits per heavy atom. The number of para-hydroxylation sites is 1. The van der Waals surface area contributed by atoms with E-state index in [0.717, 1.165) is 43.9 Å². The van der Waals surface area contributed by atoms with Crippen molar-refractivity contribution in [2.75, 3.05) is 51.7 Å². The fraction of sp³-hybridized carbons (Fsp3) is 0.409. The summed E-state index contributed by atoms with van der Waals surface area (Å²) in [5, 5.41) is 0. The first-order chi connectivity index (χ1) is 13.1. The molecule has 4 rings (SSSR count). The molecule has 2 aromatic rings. The number of hydrogen-bond acceptors (Lipinski definition) is 4. The van der Waals surface area contributed by atoms with E-state index in [1.807, 2.05) is 37.4 Å². The van der Waals surface area contributed by atoms with E-state index in [2.05, 4.69) is 35.0 Å². The van der Waals surface area contributed by atoms with E-state index < -0.39 is 0 Å². The monoisotopic (exact) mass is 365 g/mol. The molecule has 2 aromatic carbocycles. The molecule has 1 atom stereocenters. The minimum atomic E-state index is 0.0287. The second kappa shape index (κ2) is 7.61. The molecule has 1 fully saturated rings. The number of hydrogen-bond donors (Lipinski definition) is 0. The van der Waals surface area contributed by atoms with Crippen LogP contribution in [-0.4, -0.2) is 68.6 Å². The summed E-state index contributed by atoms with van der Waals surface area (Å²) in [6.45, 7) is 4.81. The van der Waals surface area contributed by atoms with Crippen LogP contribution in [0.5, 0.6) is 5.75 Å². The lowest BCUT2D eigenvalue weighted by Crippen LogP contribution is -2.44. The molecule has 1 saturated heterocycles. The number of carbonyl (C=O) groups is 1. The third-order valence-electron chi connectivity index (χ3n) is 5.52. The summed E-state index contributed by atoms with van der Waals surface area (Å²) in [6.07, 6.45) is 0.886. The maximum absolute atomic E-state index is 12.8. The number of fused-ring (bicyclic) bond motifs is 1. The molecule has 0 aromatic heterocycles. The Labute approximate surface area is 161 Å². The van der Waals surface area contributed by atoms with Gasteiger partial charge < -0.3 is 19.4 Å². The van der Waals surface area contributed by atoms with E-state index in [1.165, 1.54) is 11.3 Å². The summed E-state index contributed by atoms with van der Waals surface area (Å²) in [7, 11) is 4.00. The van der Waals surface area contributed by atoms with Crippen molar-refractivity contribution in [2.45, 2.75) is 12.5 Å². The summed E-state index contributed by atoms with van der Waals surface area (Å²) in [5.41, 5.74) is 3.14. The van der Waals surface area contributed by atoms with Gasteiger partial charge in [0.15, 0.2) is 0 Å². The average molecular weight is 365 g/mol. The van der Waals surface area contributed by atoms with Gasteiger partial charge in [-0.3, -0.25) is 4.79 Å². The van der Waals surface area contributed by atoms with Crippen molar-refractivity contribution in [1.29, 1.82) is 0 Å². The highest BCUT2D eigenvalue weighted by atomic mass is 16.5. The molecule has 1 amide bonds. The number of rotatable bonds is 4. The van der Waals surface area contributed by atoms with Crippen molar-refractivity contribution in [3.8, 4) is 5.75 Å². The highest BCUT2D eigenvalue weighted by Crippen LogP contribution is 2.28. The first-order valence-electron chi connectivity index (χ1n) is 9.64. The molecule has 2 aliphatic rings. The largest absolute Gasteiger partial charge is 0.488 e. The lowest BCUT2D eigenvalue weighted by atomic mass is 10.1. The second-order valence-corrected chi connectivity index (χ2v) is 7.57. The summed E-state index contributed by atoms with van der Waals surface area (Å²) in [6, 6.07) is 16.1. The molecule has 5 heteroatoms. The Hall–Kier alpha value is -2.53. The van der Waals surface area contributed by atoms with Gasteiger partial charge in [0.2, 0.25) is 0 Å². The van der Waals surface area contributed by atoms with Gasteiger partial charge in [0, 0.05) is 50.9 Å². The molecular weight excluding hydrogens is 338 g/mol. The molecule has 0 N–H and O–H groups in total. The van der Waals surface area contributed by atoms with Crippen molar-refractivity contribution in [3.05, 3.63) is 59.7 Å². The van der Waals surface area contributed by atoms with Crippen LogP contribution in [0.25, 0.3) is 0 Å². The second-order valence-electron chi connectivity index (χ2n) is 7.57. The zero-order valence-corrected chi connectivity index (χ0v) is 16.1. The van der Waals surface area contributed by atoms with Gasteiger partial charge in [0.25, 0.3) is 5.91 Å². The van der Waals surface area contributed by atoms with Crippen molar-refractivity contribution in [2.24, 2.45) is 0 Å². The quantitative estimate of drug-likeness (QED) is 0.834. The lowest BCUT2D eigenvalue weighted by Gasteiger charge is -2.34. The van der Waals surface area contributed by atoms with Crippen LogP contribution in [-0.2, 0) is 6.42 Å². The number of carbonyl (C=O) groups excluding carboxylic acids is 1. The molecule has 0 saturated carbocycles. The van der Waals surface area contributed by atoms with E-state index in [9.17, 15) is 4.79 Å². The summed E-state index contributed by atoms with van der Waals surface area (Å²) >= 11 is 0. The van der Waals surface area contributed by atoms with Gasteiger partial charge in [0.1, 0.15) is 11.9 Å². The number of anilines is 1. The zero-order valence-electron chi connectivity index (χ0n) is 16.1. The predicted octanol–water partition coefficient (Wildman–Crippen LogP) is 2.51. The minimum Gasteiger partial charge on any atom is -0.488 e.